The second kappa shape index (κ2) is 13.3. The number of piperidine rings is 3. The number of ether oxygens (including phenoxy) is 2. The van der Waals surface area contributed by atoms with Crippen LogP contribution >= 0.6 is 0 Å². The molecule has 6 nitrogen and oxygen atoms in total. The highest BCUT2D eigenvalue weighted by Gasteiger charge is 2.51. The van der Waals surface area contributed by atoms with E-state index in [-0.39, 0.29) is 47.4 Å². The van der Waals surface area contributed by atoms with Crippen molar-refractivity contribution in [1.29, 1.82) is 0 Å². The first-order chi connectivity index (χ1) is 18.5. The van der Waals surface area contributed by atoms with Gasteiger partial charge in [-0.25, -0.2) is 4.39 Å². The van der Waals surface area contributed by atoms with Crippen molar-refractivity contribution in [3.05, 3.63) is 66.0 Å². The van der Waals surface area contributed by atoms with E-state index in [0.29, 0.717) is 35.8 Å². The van der Waals surface area contributed by atoms with E-state index in [0.717, 1.165) is 70.0 Å². The highest BCUT2D eigenvalue weighted by atomic mass is 79.9. The first-order valence-corrected chi connectivity index (χ1v) is 14.2. The monoisotopic (exact) mass is 602 g/mol. The van der Waals surface area contributed by atoms with Crippen molar-refractivity contribution in [3.8, 4) is 5.75 Å². The lowest BCUT2D eigenvalue weighted by molar-refractivity contribution is -0.939. The summed E-state index contributed by atoms with van der Waals surface area (Å²) in [6.45, 7) is 3.60. The van der Waals surface area contributed by atoms with E-state index >= 15 is 0 Å². The largest absolute Gasteiger partial charge is 1.00 e. The fraction of sp³-hybridized carbons (Fsp3) is 0.548. The fourth-order valence-electron chi connectivity index (χ4n) is 6.80. The second-order valence-electron chi connectivity index (χ2n) is 11.4. The Morgan fingerprint density at radius 1 is 0.974 bits per heavy atom. The minimum atomic E-state index is -0.562. The topological polar surface area (TPSA) is 64.6 Å². The van der Waals surface area contributed by atoms with Gasteiger partial charge in [0.05, 0.1) is 25.0 Å². The Balaban J connectivity index is 0.00000353. The first kappa shape index (κ1) is 29.5. The van der Waals surface area contributed by atoms with Crippen molar-refractivity contribution in [3.63, 3.8) is 0 Å². The van der Waals surface area contributed by atoms with Crippen molar-refractivity contribution in [2.75, 3.05) is 39.3 Å². The maximum Gasteiger partial charge on any atom is 0.317 e. The molecule has 39 heavy (non-hydrogen) atoms. The molecule has 1 N–H and O–H groups in total. The van der Waals surface area contributed by atoms with Crippen LogP contribution in [0.4, 0.5) is 4.39 Å². The zero-order valence-corrected chi connectivity index (χ0v) is 24.2. The SMILES string of the molecule is O=C(C[N+]12CCC(CC1)[C@@H](OC(=O)C1(c3ccccc3)CCCCCC1)C2)NCCOc1cccc(F)c1.[Br-]. The molecular formula is C31H40BrFN2O4. The summed E-state index contributed by atoms with van der Waals surface area (Å²) in [6.07, 6.45) is 7.91. The van der Waals surface area contributed by atoms with Gasteiger partial charge < -0.3 is 36.3 Å². The number of carbonyl (C=O) groups is 2. The lowest BCUT2D eigenvalue weighted by Crippen LogP contribution is -3.00. The van der Waals surface area contributed by atoms with Crippen molar-refractivity contribution < 1.29 is 44.9 Å². The van der Waals surface area contributed by atoms with E-state index in [1.54, 1.807) is 12.1 Å². The summed E-state index contributed by atoms with van der Waals surface area (Å²) in [4.78, 5) is 26.8. The Hall–Kier alpha value is -2.45. The van der Waals surface area contributed by atoms with Gasteiger partial charge in [0.25, 0.3) is 5.91 Å². The third-order valence-electron chi connectivity index (χ3n) is 8.94. The number of amides is 1. The Morgan fingerprint density at radius 3 is 2.38 bits per heavy atom. The standard InChI is InChI=1S/C31H39FN2O4.BrH/c32-26-11-8-12-27(21-26)37-20-17-33-29(35)23-34-18-13-24(14-19-34)28(22-34)38-30(36)31(15-6-1-2-7-16-31)25-9-4-3-5-10-25;/h3-5,8-12,21,24,28H,1-2,6-7,13-20,22-23H2;1H/t24?,28-,34?;/m0./s1. The van der Waals surface area contributed by atoms with Gasteiger partial charge in [0.15, 0.2) is 12.6 Å². The van der Waals surface area contributed by atoms with Crippen molar-refractivity contribution in [2.24, 2.45) is 5.92 Å². The van der Waals surface area contributed by atoms with Crippen molar-refractivity contribution in [2.45, 2.75) is 62.9 Å². The van der Waals surface area contributed by atoms with Crippen LogP contribution in [0.2, 0.25) is 0 Å². The number of halogens is 2. The van der Waals surface area contributed by atoms with Gasteiger partial charge in [-0.1, -0.05) is 62.1 Å². The van der Waals surface area contributed by atoms with Gasteiger partial charge >= 0.3 is 5.97 Å². The zero-order valence-electron chi connectivity index (χ0n) is 22.6. The molecule has 0 radical (unpaired) electrons. The number of quaternary nitrogens is 1. The molecule has 3 heterocycles. The van der Waals surface area contributed by atoms with Crippen LogP contribution in [0.25, 0.3) is 0 Å². The number of hydrogen-bond acceptors (Lipinski definition) is 4. The molecule has 0 unspecified atom stereocenters. The van der Waals surface area contributed by atoms with Crippen LogP contribution in [0, 0.1) is 11.7 Å². The molecule has 2 aromatic rings. The van der Waals surface area contributed by atoms with Gasteiger partial charge in [0.2, 0.25) is 0 Å². The summed E-state index contributed by atoms with van der Waals surface area (Å²) >= 11 is 0. The molecule has 8 heteroatoms. The minimum absolute atomic E-state index is 0. The second-order valence-corrected chi connectivity index (χ2v) is 11.4. The molecule has 0 aromatic heterocycles. The van der Waals surface area contributed by atoms with E-state index in [4.69, 9.17) is 9.47 Å². The highest BCUT2D eigenvalue weighted by Crippen LogP contribution is 2.42. The van der Waals surface area contributed by atoms with Crippen LogP contribution in [0.1, 0.15) is 56.9 Å². The van der Waals surface area contributed by atoms with E-state index in [2.05, 4.69) is 17.4 Å². The first-order valence-electron chi connectivity index (χ1n) is 14.2. The van der Waals surface area contributed by atoms with Gasteiger partial charge in [-0.05, 0) is 30.5 Å². The summed E-state index contributed by atoms with van der Waals surface area (Å²) in [6, 6.07) is 16.2. The molecule has 2 aromatic carbocycles. The van der Waals surface area contributed by atoms with Gasteiger partial charge in [0.1, 0.15) is 24.7 Å². The molecule has 4 fully saturated rings. The molecule has 1 saturated carbocycles. The van der Waals surface area contributed by atoms with Crippen molar-refractivity contribution >= 4 is 11.9 Å². The van der Waals surface area contributed by atoms with Crippen LogP contribution in [-0.4, -0.2) is 61.8 Å². The van der Waals surface area contributed by atoms with Crippen LogP contribution < -0.4 is 27.0 Å². The smallest absolute Gasteiger partial charge is 0.317 e. The molecule has 6 rings (SSSR count). The minimum Gasteiger partial charge on any atom is -1.00 e. The third-order valence-corrected chi connectivity index (χ3v) is 8.94. The molecular weight excluding hydrogens is 563 g/mol. The highest BCUT2D eigenvalue weighted by molar-refractivity contribution is 5.83. The zero-order chi connectivity index (χ0) is 26.4. The lowest BCUT2D eigenvalue weighted by atomic mass is 9.74. The van der Waals surface area contributed by atoms with E-state index < -0.39 is 5.41 Å². The quantitative estimate of drug-likeness (QED) is 0.206. The number of nitrogens with zero attached hydrogens (tertiary/aromatic N) is 1. The van der Waals surface area contributed by atoms with Crippen LogP contribution in [0.3, 0.4) is 0 Å². The number of fused-ring (bicyclic) bond motifs is 3. The molecule has 1 atom stereocenters. The molecule has 3 aliphatic heterocycles. The maximum atomic E-state index is 13.9. The maximum absolute atomic E-state index is 13.9. The summed E-state index contributed by atoms with van der Waals surface area (Å²) in [5, 5.41) is 2.95. The average Bonchev–Trinajstić information content (AvgIpc) is 3.19. The normalized spacial score (nSPS) is 25.6. The van der Waals surface area contributed by atoms with Gasteiger partial charge in [-0.2, -0.15) is 0 Å². The van der Waals surface area contributed by atoms with Crippen LogP contribution in [0.15, 0.2) is 54.6 Å². The predicted octanol–water partition coefficient (Wildman–Crippen LogP) is 1.77. The molecule has 1 aliphatic carbocycles. The Morgan fingerprint density at radius 2 is 1.69 bits per heavy atom. The number of esters is 1. The van der Waals surface area contributed by atoms with Crippen LogP contribution in [0.5, 0.6) is 5.75 Å². The molecule has 4 aliphatic rings. The van der Waals surface area contributed by atoms with E-state index in [9.17, 15) is 14.0 Å². The van der Waals surface area contributed by atoms with Gasteiger partial charge in [0, 0.05) is 24.8 Å². The third kappa shape index (κ3) is 7.01. The molecule has 1 amide bonds. The summed E-state index contributed by atoms with van der Waals surface area (Å²) in [7, 11) is 0. The average molecular weight is 604 g/mol. The van der Waals surface area contributed by atoms with E-state index in [1.807, 2.05) is 18.2 Å². The lowest BCUT2D eigenvalue weighted by Gasteiger charge is -2.52. The Labute approximate surface area is 241 Å². The summed E-state index contributed by atoms with van der Waals surface area (Å²) in [5.41, 5.74) is 0.519. The number of rotatable bonds is 9. The number of benzene rings is 2. The molecule has 3 saturated heterocycles. The molecule has 212 valence electrons. The van der Waals surface area contributed by atoms with Crippen LogP contribution in [-0.2, 0) is 19.7 Å². The van der Waals surface area contributed by atoms with Crippen molar-refractivity contribution in [1.82, 2.24) is 5.32 Å². The van der Waals surface area contributed by atoms with Gasteiger partial charge in [-0.15, -0.1) is 0 Å². The molecule has 0 spiro atoms. The Bertz CT molecular complexity index is 1100. The fourth-order valence-corrected chi connectivity index (χ4v) is 6.80. The number of nitrogens with one attached hydrogen (secondary N) is 1. The van der Waals surface area contributed by atoms with E-state index in [1.165, 1.54) is 12.1 Å². The molecule has 2 bridgehead atoms. The van der Waals surface area contributed by atoms with Gasteiger partial charge in [-0.3, -0.25) is 9.59 Å². The predicted molar refractivity (Wildman–Crippen MR) is 143 cm³/mol. The number of hydrogen-bond donors (Lipinski definition) is 1. The summed E-state index contributed by atoms with van der Waals surface area (Å²) < 4.78 is 25.9. The number of carbonyl (C=O) groups excluding carboxylic acids is 2. The Kier molecular flexibility index (Phi) is 10.0. The summed E-state index contributed by atoms with van der Waals surface area (Å²) in [5.74, 6) is 0.384.